The molecule has 0 saturated heterocycles. The lowest BCUT2D eigenvalue weighted by atomic mass is 9.94. The SMILES string of the molecule is COC(=O)C1Cc2ccccc2CN1Cc1nnc(-c2cc3c(s2)CCCC3)o1. The van der Waals surface area contributed by atoms with Gasteiger partial charge in [-0.3, -0.25) is 9.69 Å². The predicted molar refractivity (Wildman–Crippen MR) is 109 cm³/mol. The van der Waals surface area contributed by atoms with Crippen LogP contribution < -0.4 is 0 Å². The lowest BCUT2D eigenvalue weighted by Crippen LogP contribution is -2.45. The highest BCUT2D eigenvalue weighted by atomic mass is 32.1. The Hall–Kier alpha value is -2.51. The molecule has 5 rings (SSSR count). The van der Waals surface area contributed by atoms with Crippen LogP contribution in [0, 0.1) is 0 Å². The third-order valence-corrected chi connectivity index (χ3v) is 7.06. The molecule has 0 N–H and O–H groups in total. The molecule has 0 fully saturated rings. The minimum absolute atomic E-state index is 0.231. The summed E-state index contributed by atoms with van der Waals surface area (Å²) >= 11 is 1.76. The molecule has 1 aliphatic carbocycles. The molecule has 1 unspecified atom stereocenters. The van der Waals surface area contributed by atoms with E-state index < -0.39 is 0 Å². The standard InChI is InChI=1S/C22H23N3O3S/c1-27-22(26)17-10-14-6-2-3-8-16(14)12-25(17)13-20-23-24-21(28-20)19-11-15-7-4-5-9-18(15)29-19/h2-3,6,8,11,17H,4-5,7,9-10,12-13H2,1H3. The van der Waals surface area contributed by atoms with Crippen molar-refractivity contribution in [1.29, 1.82) is 0 Å². The van der Waals surface area contributed by atoms with Gasteiger partial charge in [0.15, 0.2) is 0 Å². The van der Waals surface area contributed by atoms with Crippen LogP contribution in [0.4, 0.5) is 0 Å². The fraction of sp³-hybridized carbons (Fsp3) is 0.409. The molecule has 2 aromatic heterocycles. The van der Waals surface area contributed by atoms with Gasteiger partial charge in [-0.15, -0.1) is 21.5 Å². The number of hydrogen-bond donors (Lipinski definition) is 0. The molecule has 7 heteroatoms. The van der Waals surface area contributed by atoms with Gasteiger partial charge in [-0.05, 0) is 54.9 Å². The minimum Gasteiger partial charge on any atom is -0.468 e. The number of ether oxygens (including phenoxy) is 1. The van der Waals surface area contributed by atoms with Crippen LogP contribution in [0.2, 0.25) is 0 Å². The third kappa shape index (κ3) is 3.60. The quantitative estimate of drug-likeness (QED) is 0.611. The van der Waals surface area contributed by atoms with Crippen molar-refractivity contribution in [2.24, 2.45) is 0 Å². The first-order chi connectivity index (χ1) is 14.2. The van der Waals surface area contributed by atoms with Crippen LogP contribution in [0.15, 0.2) is 34.7 Å². The van der Waals surface area contributed by atoms with Gasteiger partial charge in [0.25, 0.3) is 5.89 Å². The van der Waals surface area contributed by atoms with E-state index in [-0.39, 0.29) is 12.0 Å². The summed E-state index contributed by atoms with van der Waals surface area (Å²) in [6.07, 6.45) is 5.42. The van der Waals surface area contributed by atoms with Gasteiger partial charge >= 0.3 is 5.97 Å². The molecule has 0 amide bonds. The summed E-state index contributed by atoms with van der Waals surface area (Å²) in [6, 6.07) is 10.1. The number of esters is 1. The van der Waals surface area contributed by atoms with E-state index >= 15 is 0 Å². The highest BCUT2D eigenvalue weighted by molar-refractivity contribution is 7.15. The smallest absolute Gasteiger partial charge is 0.323 e. The van der Waals surface area contributed by atoms with E-state index in [1.54, 1.807) is 11.3 Å². The number of benzene rings is 1. The van der Waals surface area contributed by atoms with Crippen molar-refractivity contribution in [3.8, 4) is 10.8 Å². The molecule has 0 bridgehead atoms. The maximum Gasteiger partial charge on any atom is 0.323 e. The Morgan fingerprint density at radius 1 is 1.21 bits per heavy atom. The predicted octanol–water partition coefficient (Wildman–Crippen LogP) is 3.78. The molecule has 3 aromatic rings. The van der Waals surface area contributed by atoms with Crippen LogP contribution in [0.1, 0.15) is 40.3 Å². The van der Waals surface area contributed by atoms with Crippen molar-refractivity contribution in [3.63, 3.8) is 0 Å². The number of carbonyl (C=O) groups excluding carboxylic acids is 1. The molecule has 0 saturated carbocycles. The summed E-state index contributed by atoms with van der Waals surface area (Å²) < 4.78 is 11.0. The maximum atomic E-state index is 12.4. The molecule has 150 valence electrons. The van der Waals surface area contributed by atoms with E-state index in [9.17, 15) is 4.79 Å². The molecule has 1 aromatic carbocycles. The molecule has 0 spiro atoms. The highest BCUT2D eigenvalue weighted by Gasteiger charge is 2.33. The Bertz CT molecular complexity index is 1020. The number of aromatic nitrogens is 2. The van der Waals surface area contributed by atoms with E-state index in [0.29, 0.717) is 31.3 Å². The van der Waals surface area contributed by atoms with Gasteiger partial charge in [-0.1, -0.05) is 24.3 Å². The molecule has 29 heavy (non-hydrogen) atoms. The highest BCUT2D eigenvalue weighted by Crippen LogP contribution is 2.35. The zero-order valence-electron chi connectivity index (χ0n) is 16.4. The number of thiophene rings is 1. The first-order valence-electron chi connectivity index (χ1n) is 10.0. The molecule has 0 radical (unpaired) electrons. The van der Waals surface area contributed by atoms with Crippen molar-refractivity contribution < 1.29 is 13.9 Å². The van der Waals surface area contributed by atoms with Gasteiger partial charge in [-0.25, -0.2) is 0 Å². The van der Waals surface area contributed by atoms with Gasteiger partial charge in [-0.2, -0.15) is 0 Å². The second-order valence-electron chi connectivity index (χ2n) is 7.68. The number of rotatable bonds is 4. The molecular formula is C22H23N3O3S. The topological polar surface area (TPSA) is 68.5 Å². The number of methoxy groups -OCH3 is 1. The number of nitrogens with zero attached hydrogens (tertiary/aromatic N) is 3. The average molecular weight is 410 g/mol. The lowest BCUT2D eigenvalue weighted by Gasteiger charge is -2.34. The molecule has 1 aliphatic heterocycles. The van der Waals surface area contributed by atoms with E-state index in [1.165, 1.54) is 41.5 Å². The van der Waals surface area contributed by atoms with Crippen molar-refractivity contribution in [1.82, 2.24) is 15.1 Å². The third-order valence-electron chi connectivity index (χ3n) is 5.83. The number of hydrogen-bond acceptors (Lipinski definition) is 7. The maximum absolute atomic E-state index is 12.4. The van der Waals surface area contributed by atoms with Gasteiger partial charge in [0.05, 0.1) is 18.5 Å². The summed E-state index contributed by atoms with van der Waals surface area (Å²) in [4.78, 5) is 16.9. The van der Waals surface area contributed by atoms with E-state index in [2.05, 4.69) is 33.3 Å². The van der Waals surface area contributed by atoms with Crippen LogP contribution in [0.5, 0.6) is 0 Å². The first-order valence-corrected chi connectivity index (χ1v) is 10.9. The monoisotopic (exact) mass is 409 g/mol. The Labute approximate surface area is 173 Å². The first kappa shape index (κ1) is 18.5. The molecular weight excluding hydrogens is 386 g/mol. The molecule has 6 nitrogen and oxygen atoms in total. The van der Waals surface area contributed by atoms with Crippen LogP contribution in [0.25, 0.3) is 10.8 Å². The normalized spacial score (nSPS) is 18.9. The van der Waals surface area contributed by atoms with Crippen LogP contribution in [-0.2, 0) is 41.9 Å². The summed E-state index contributed by atoms with van der Waals surface area (Å²) in [5.74, 6) is 0.872. The van der Waals surface area contributed by atoms with E-state index in [4.69, 9.17) is 9.15 Å². The van der Waals surface area contributed by atoms with Gasteiger partial charge < -0.3 is 9.15 Å². The van der Waals surface area contributed by atoms with E-state index in [0.717, 1.165) is 17.7 Å². The lowest BCUT2D eigenvalue weighted by molar-refractivity contribution is -0.148. The average Bonchev–Trinajstić information content (AvgIpc) is 3.39. The zero-order chi connectivity index (χ0) is 19.8. The minimum atomic E-state index is -0.348. The number of aryl methyl sites for hydroxylation is 2. The van der Waals surface area contributed by atoms with E-state index in [1.807, 2.05) is 12.1 Å². The Morgan fingerprint density at radius 3 is 2.86 bits per heavy atom. The Balaban J connectivity index is 1.38. The largest absolute Gasteiger partial charge is 0.468 e. The van der Waals surface area contributed by atoms with Gasteiger partial charge in [0.2, 0.25) is 5.89 Å². The van der Waals surface area contributed by atoms with Crippen LogP contribution in [0.3, 0.4) is 0 Å². The summed E-state index contributed by atoms with van der Waals surface area (Å²) in [5, 5.41) is 8.55. The Kier molecular flexibility index (Phi) is 4.93. The summed E-state index contributed by atoms with van der Waals surface area (Å²) in [7, 11) is 1.43. The Morgan fingerprint density at radius 2 is 2.03 bits per heavy atom. The van der Waals surface area contributed by atoms with Crippen LogP contribution in [-0.4, -0.2) is 34.2 Å². The van der Waals surface area contributed by atoms with Crippen molar-refractivity contribution >= 4 is 17.3 Å². The van der Waals surface area contributed by atoms with Crippen molar-refractivity contribution in [2.45, 2.75) is 51.2 Å². The number of fused-ring (bicyclic) bond motifs is 2. The second kappa shape index (κ2) is 7.72. The van der Waals surface area contributed by atoms with Gasteiger partial charge in [0, 0.05) is 11.4 Å². The molecule has 3 heterocycles. The molecule has 1 atom stereocenters. The summed E-state index contributed by atoms with van der Waals surface area (Å²) in [5.41, 5.74) is 3.84. The van der Waals surface area contributed by atoms with Crippen LogP contribution >= 0.6 is 11.3 Å². The second-order valence-corrected chi connectivity index (χ2v) is 8.82. The zero-order valence-corrected chi connectivity index (χ0v) is 17.2. The molecule has 2 aliphatic rings. The number of carbonyl (C=O) groups is 1. The van der Waals surface area contributed by atoms with Gasteiger partial charge in [0.1, 0.15) is 6.04 Å². The van der Waals surface area contributed by atoms with Crippen molar-refractivity contribution in [2.75, 3.05) is 7.11 Å². The van der Waals surface area contributed by atoms with Crippen molar-refractivity contribution in [3.05, 3.63) is 57.8 Å². The summed E-state index contributed by atoms with van der Waals surface area (Å²) in [6.45, 7) is 1.08. The fourth-order valence-corrected chi connectivity index (χ4v) is 5.47. The fourth-order valence-electron chi connectivity index (χ4n) is 4.30.